The second-order valence-electron chi connectivity index (χ2n) is 19.1. The van der Waals surface area contributed by atoms with Gasteiger partial charge in [0, 0.05) is 88.2 Å². The number of anilines is 2. The summed E-state index contributed by atoms with van der Waals surface area (Å²) in [5.41, 5.74) is 11.3. The van der Waals surface area contributed by atoms with E-state index in [0.29, 0.717) is 84.1 Å². The van der Waals surface area contributed by atoms with Crippen molar-refractivity contribution >= 4 is 96.6 Å². The summed E-state index contributed by atoms with van der Waals surface area (Å²) in [6.07, 6.45) is 12.2. The number of likely N-dealkylation sites (N-methyl/N-ethyl adjacent to an activating group) is 1. The molecule has 4 aromatic carbocycles. The van der Waals surface area contributed by atoms with Crippen LogP contribution in [0.1, 0.15) is 83.5 Å². The predicted octanol–water partition coefficient (Wildman–Crippen LogP) is 8.08. The minimum atomic E-state index is -5.00. The van der Waals surface area contributed by atoms with Crippen LogP contribution in [0.4, 0.5) is 17.1 Å². The number of rotatable bonds is 20. The number of fused-ring (bicyclic) bond motifs is 6. The molecule has 6 N–H and O–H groups in total. The summed E-state index contributed by atoms with van der Waals surface area (Å²) < 4.78 is 142. The van der Waals surface area contributed by atoms with E-state index >= 15 is 0 Å². The fourth-order valence-electron chi connectivity index (χ4n) is 10.00. The largest absolute Gasteiger partial charge is 0.356 e. The van der Waals surface area contributed by atoms with Crippen molar-refractivity contribution in [1.29, 1.82) is 0 Å². The lowest BCUT2D eigenvalue weighted by molar-refractivity contribution is -0.438. The number of hydrogen-bond donors (Lipinski definition) is 6. The minimum Gasteiger partial charge on any atom is -0.356 e. The minimum absolute atomic E-state index is 0.00744. The molecule has 0 fully saturated rings. The first-order valence-corrected chi connectivity index (χ1v) is 29.4. The highest BCUT2D eigenvalue weighted by molar-refractivity contribution is 7.87. The standard InChI is InChI=1S/C50H54N8O14S4/c1-6-57-39-20-18-35-37(25-33(73(61,62)63)27-41(35)75(67,68)69)47(39)49(2,3)43(57)13-9-7-10-14-44-50(4,5)48-38-26-34(74(64,65)66)28-42(76(70,71)72)36(38)19-21-40(48)58(44)24-12-8-11-15-45(59)52-23-22-46(60)55-32-17-16-31(53-29-32)30-54-56-51/h7,9-10,13-14,16-21,25-29H,6,8,11-12,15,22-24,30H2,1-5H3,(H5-,52,55,59,60,61,62,63,64,65,66,67,68,69,70,71,72)/p+1. The molecule has 2 amide bonds. The third kappa shape index (κ3) is 11.9. The van der Waals surface area contributed by atoms with Gasteiger partial charge in [0.25, 0.3) is 40.5 Å². The van der Waals surface area contributed by atoms with Gasteiger partial charge in [-0.25, -0.2) is 0 Å². The van der Waals surface area contributed by atoms with E-state index in [0.717, 1.165) is 5.70 Å². The topological polar surface area (TPSA) is 344 Å². The molecular weight excluding hydrogens is 1060 g/mol. The molecule has 0 unspecified atom stereocenters. The van der Waals surface area contributed by atoms with Crippen molar-refractivity contribution in [3.05, 3.63) is 130 Å². The Morgan fingerprint density at radius 2 is 1.34 bits per heavy atom. The van der Waals surface area contributed by atoms with E-state index in [9.17, 15) is 61.5 Å². The number of carbonyl (C=O) groups excluding carboxylic acids is 2. The molecular formula is C50H55N8O14S4+. The SMILES string of the molecule is CCN1/C(=C/C=C/C=C/C2=[N+](CCCCCC(=O)NCCC(=O)Nc3ccc(CN=[N+]=[N-])nc3)c3ccc4c(S(=O)(=O)O)cc(S(=O)(=O)O)cc4c3C2(C)C)C(C)(C)c2c1ccc1c(S(=O)(=O)O)cc(S(=O)(=O)O)cc21. The summed E-state index contributed by atoms with van der Waals surface area (Å²) in [5, 5.41) is 9.31. The number of nitrogens with zero attached hydrogens (tertiary/aromatic N) is 6. The Balaban J connectivity index is 1.14. The molecule has 0 bridgehead atoms. The van der Waals surface area contributed by atoms with Crippen LogP contribution in [0, 0.1) is 0 Å². The Labute approximate surface area is 439 Å². The number of nitrogens with one attached hydrogen (secondary N) is 2. The van der Waals surface area contributed by atoms with Crippen LogP contribution in [-0.2, 0) is 67.4 Å². The third-order valence-corrected chi connectivity index (χ3v) is 16.8. The molecule has 2 aliphatic rings. The number of benzene rings is 4. The highest BCUT2D eigenvalue weighted by Gasteiger charge is 2.46. The van der Waals surface area contributed by atoms with E-state index in [1.54, 1.807) is 42.5 Å². The molecule has 0 saturated carbocycles. The Morgan fingerprint density at radius 3 is 1.91 bits per heavy atom. The maximum atomic E-state index is 12.8. The molecule has 0 radical (unpaired) electrons. The van der Waals surface area contributed by atoms with Crippen LogP contribution in [0.15, 0.2) is 128 Å². The maximum absolute atomic E-state index is 12.8. The molecule has 76 heavy (non-hydrogen) atoms. The van der Waals surface area contributed by atoms with Crippen LogP contribution < -0.4 is 15.5 Å². The Hall–Kier alpha value is -6.87. The number of azide groups is 1. The van der Waals surface area contributed by atoms with E-state index < -0.39 is 70.9 Å². The van der Waals surface area contributed by atoms with Crippen LogP contribution in [0.5, 0.6) is 0 Å². The van der Waals surface area contributed by atoms with Crippen molar-refractivity contribution in [2.75, 3.05) is 29.9 Å². The first-order valence-electron chi connectivity index (χ1n) is 23.6. The predicted molar refractivity (Wildman–Crippen MR) is 284 cm³/mol. The molecule has 7 rings (SSSR count). The zero-order valence-electron chi connectivity index (χ0n) is 41.8. The quantitative estimate of drug-likeness (QED) is 0.00815. The summed E-state index contributed by atoms with van der Waals surface area (Å²) in [6, 6.07) is 13.3. The van der Waals surface area contributed by atoms with Crippen LogP contribution >= 0.6 is 0 Å². The number of hydrogen-bond acceptors (Lipinski definition) is 13. The van der Waals surface area contributed by atoms with Crippen molar-refractivity contribution in [3.63, 3.8) is 0 Å². The number of unbranched alkanes of at least 4 members (excludes halogenated alkanes) is 2. The maximum Gasteiger partial charge on any atom is 0.295 e. The van der Waals surface area contributed by atoms with Crippen LogP contribution in [0.3, 0.4) is 0 Å². The van der Waals surface area contributed by atoms with Crippen LogP contribution in [0.2, 0.25) is 0 Å². The second-order valence-corrected chi connectivity index (χ2v) is 24.7. The van der Waals surface area contributed by atoms with Gasteiger partial charge in [0.2, 0.25) is 17.5 Å². The molecule has 22 nitrogen and oxygen atoms in total. The number of aromatic nitrogens is 1. The fourth-order valence-corrected chi connectivity index (χ4v) is 12.7. The average molecular weight is 1120 g/mol. The normalized spacial score (nSPS) is 16.0. The monoisotopic (exact) mass is 1120 g/mol. The number of amides is 2. The van der Waals surface area contributed by atoms with Gasteiger partial charge in [-0.1, -0.05) is 43.3 Å². The average Bonchev–Trinajstić information content (AvgIpc) is 3.70. The zero-order valence-corrected chi connectivity index (χ0v) is 45.1. The van der Waals surface area contributed by atoms with Gasteiger partial charge in [0.1, 0.15) is 16.3 Å². The van der Waals surface area contributed by atoms with Gasteiger partial charge in [0.05, 0.1) is 33.6 Å². The van der Waals surface area contributed by atoms with Gasteiger partial charge < -0.3 is 15.5 Å². The fraction of sp³-hybridized carbons (Fsp3) is 0.320. The van der Waals surface area contributed by atoms with Gasteiger partial charge in [0.15, 0.2) is 5.71 Å². The van der Waals surface area contributed by atoms with E-state index in [4.69, 9.17) is 5.53 Å². The summed E-state index contributed by atoms with van der Waals surface area (Å²) in [4.78, 5) is 31.2. The van der Waals surface area contributed by atoms with Crippen molar-refractivity contribution in [3.8, 4) is 0 Å². The Kier molecular flexibility index (Phi) is 16.2. The third-order valence-electron chi connectivity index (χ3n) is 13.4. The molecule has 0 saturated heterocycles. The molecule has 0 aliphatic carbocycles. The zero-order chi connectivity index (χ0) is 55.8. The number of allylic oxidation sites excluding steroid dienone is 6. The smallest absolute Gasteiger partial charge is 0.295 e. The van der Waals surface area contributed by atoms with Gasteiger partial charge in [-0.15, -0.1) is 0 Å². The highest BCUT2D eigenvalue weighted by atomic mass is 32.2. The van der Waals surface area contributed by atoms with E-state index in [-0.39, 0.29) is 59.3 Å². The van der Waals surface area contributed by atoms with E-state index in [1.165, 1.54) is 30.5 Å². The van der Waals surface area contributed by atoms with Gasteiger partial charge in [-0.2, -0.15) is 38.2 Å². The van der Waals surface area contributed by atoms with Gasteiger partial charge >= 0.3 is 0 Å². The van der Waals surface area contributed by atoms with Crippen molar-refractivity contribution < 1.29 is 66.0 Å². The van der Waals surface area contributed by atoms with Gasteiger partial charge in [-0.05, 0) is 110 Å². The molecule has 0 atom stereocenters. The van der Waals surface area contributed by atoms with Crippen molar-refractivity contribution in [2.45, 2.75) is 104 Å². The summed E-state index contributed by atoms with van der Waals surface area (Å²) in [6.45, 7) is 10.3. The lowest BCUT2D eigenvalue weighted by Gasteiger charge is -2.26. The van der Waals surface area contributed by atoms with Gasteiger partial charge in [-0.3, -0.25) is 32.8 Å². The molecule has 3 heterocycles. The molecule has 26 heteroatoms. The molecule has 2 aliphatic heterocycles. The van der Waals surface area contributed by atoms with Crippen molar-refractivity contribution in [2.24, 2.45) is 5.11 Å². The number of pyridine rings is 1. The summed E-state index contributed by atoms with van der Waals surface area (Å²) >= 11 is 0. The Morgan fingerprint density at radius 1 is 0.724 bits per heavy atom. The molecule has 0 spiro atoms. The highest BCUT2D eigenvalue weighted by Crippen LogP contribution is 2.52. The first kappa shape index (κ1) is 56.8. The van der Waals surface area contributed by atoms with Crippen LogP contribution in [0.25, 0.3) is 32.0 Å². The summed E-state index contributed by atoms with van der Waals surface area (Å²) in [5.74, 6) is -0.596. The van der Waals surface area contributed by atoms with E-state index in [2.05, 4.69) is 25.6 Å². The lowest BCUT2D eigenvalue weighted by atomic mass is 9.79. The van der Waals surface area contributed by atoms with Crippen LogP contribution in [-0.4, -0.2) is 98.6 Å². The molecule has 402 valence electrons. The first-order chi connectivity index (χ1) is 35.5. The molecule has 5 aromatic rings. The second kappa shape index (κ2) is 21.6. The number of carbonyl (C=O) groups is 2. The lowest BCUT2D eigenvalue weighted by Crippen LogP contribution is -2.28. The molecule has 1 aromatic heterocycles. The Bertz CT molecular complexity index is 3870. The van der Waals surface area contributed by atoms with E-state index in [1.807, 2.05) is 56.2 Å². The van der Waals surface area contributed by atoms with Crippen molar-refractivity contribution in [1.82, 2.24) is 10.3 Å². The summed E-state index contributed by atoms with van der Waals surface area (Å²) in [7, 11) is -19.8.